The van der Waals surface area contributed by atoms with Gasteiger partial charge in [0.25, 0.3) is 0 Å². The Kier molecular flexibility index (Phi) is 7.04. The van der Waals surface area contributed by atoms with Crippen LogP contribution >= 0.6 is 0 Å². The molecule has 3 rings (SSSR count). The zero-order chi connectivity index (χ0) is 23.3. The third-order valence-corrected chi connectivity index (χ3v) is 4.87. The van der Waals surface area contributed by atoms with Gasteiger partial charge in [-0.1, -0.05) is 20.8 Å². The molecule has 170 valence electrons. The van der Waals surface area contributed by atoms with E-state index >= 15 is 0 Å². The van der Waals surface area contributed by atoms with Crippen LogP contribution in [-0.4, -0.2) is 52.9 Å². The summed E-state index contributed by atoms with van der Waals surface area (Å²) in [5.41, 5.74) is -0.682. The van der Waals surface area contributed by atoms with Crippen LogP contribution in [0.2, 0.25) is 0 Å². The fraction of sp³-hybridized carbons (Fsp3) is 0.409. The summed E-state index contributed by atoms with van der Waals surface area (Å²) in [6.07, 6.45) is 3.81. The normalized spacial score (nSPS) is 16.3. The molecule has 0 spiro atoms. The van der Waals surface area contributed by atoms with E-state index in [1.807, 2.05) is 7.05 Å². The smallest absolute Gasteiger partial charge is 0.327 e. The van der Waals surface area contributed by atoms with Gasteiger partial charge < -0.3 is 15.0 Å². The third kappa shape index (κ3) is 6.48. The monoisotopic (exact) mass is 440 g/mol. The zero-order valence-corrected chi connectivity index (χ0v) is 18.6. The molecule has 0 aliphatic carbocycles. The minimum Gasteiger partial charge on any atom is -0.456 e. The molecule has 32 heavy (non-hydrogen) atoms. The maximum Gasteiger partial charge on any atom is 0.327 e. The maximum atomic E-state index is 12.4. The Balaban J connectivity index is 1.55. The summed E-state index contributed by atoms with van der Waals surface area (Å²) in [7, 11) is 1.99. The highest BCUT2D eigenvalue weighted by Gasteiger charge is 2.26. The van der Waals surface area contributed by atoms with Gasteiger partial charge in [-0.3, -0.25) is 20.2 Å². The molecule has 1 unspecified atom stereocenters. The molecule has 10 nitrogen and oxygen atoms in total. The standard InChI is InChI=1S/C22H28N6O4/c1-22(2,3)20(30)27-21(31)26-17-6-5-16(12-24-17)32-15-7-9-23-18(11-15)25-19(29)14-8-10-28(4)13-14/h5-7,9,11-12,14H,8,10,13H2,1-4H3,(H,23,25,29)(H2,24,26,27,30,31). The number of likely N-dealkylation sites (tertiary alicyclic amines) is 1. The summed E-state index contributed by atoms with van der Waals surface area (Å²) in [6.45, 7) is 6.77. The molecule has 2 aromatic rings. The van der Waals surface area contributed by atoms with E-state index in [9.17, 15) is 14.4 Å². The topological polar surface area (TPSA) is 126 Å². The molecule has 3 N–H and O–H groups in total. The molecule has 1 aliphatic heterocycles. The van der Waals surface area contributed by atoms with Crippen molar-refractivity contribution in [2.75, 3.05) is 30.8 Å². The van der Waals surface area contributed by atoms with Crippen molar-refractivity contribution in [2.24, 2.45) is 11.3 Å². The lowest BCUT2D eigenvalue weighted by atomic mass is 9.96. The van der Waals surface area contributed by atoms with E-state index in [-0.39, 0.29) is 17.6 Å². The zero-order valence-electron chi connectivity index (χ0n) is 18.6. The number of imide groups is 1. The first-order valence-electron chi connectivity index (χ1n) is 10.3. The second-order valence-electron chi connectivity index (χ2n) is 8.75. The summed E-state index contributed by atoms with van der Waals surface area (Å²) < 4.78 is 5.77. The van der Waals surface area contributed by atoms with Crippen molar-refractivity contribution >= 4 is 29.5 Å². The maximum absolute atomic E-state index is 12.4. The van der Waals surface area contributed by atoms with Crippen molar-refractivity contribution in [3.63, 3.8) is 0 Å². The van der Waals surface area contributed by atoms with E-state index in [1.54, 1.807) is 51.2 Å². The summed E-state index contributed by atoms with van der Waals surface area (Å²) >= 11 is 0. The van der Waals surface area contributed by atoms with Crippen molar-refractivity contribution in [1.82, 2.24) is 20.2 Å². The van der Waals surface area contributed by atoms with Gasteiger partial charge in [-0.05, 0) is 38.2 Å². The molecule has 4 amide bonds. The summed E-state index contributed by atoms with van der Waals surface area (Å²) in [4.78, 5) is 46.6. The van der Waals surface area contributed by atoms with Crippen LogP contribution in [0.1, 0.15) is 27.2 Å². The number of nitrogens with zero attached hydrogens (tertiary/aromatic N) is 3. The van der Waals surface area contributed by atoms with Crippen LogP contribution < -0.4 is 20.7 Å². The van der Waals surface area contributed by atoms with Crippen LogP contribution in [-0.2, 0) is 9.59 Å². The quantitative estimate of drug-likeness (QED) is 0.653. The second-order valence-corrected chi connectivity index (χ2v) is 8.75. The van der Waals surface area contributed by atoms with E-state index in [4.69, 9.17) is 4.74 Å². The van der Waals surface area contributed by atoms with Gasteiger partial charge >= 0.3 is 6.03 Å². The summed E-state index contributed by atoms with van der Waals surface area (Å²) in [6, 6.07) is 5.82. The van der Waals surface area contributed by atoms with E-state index in [0.29, 0.717) is 17.3 Å². The van der Waals surface area contributed by atoms with E-state index in [2.05, 4.69) is 30.8 Å². The number of anilines is 2. The minimum atomic E-state index is -0.682. The Bertz CT molecular complexity index is 987. The largest absolute Gasteiger partial charge is 0.456 e. The average Bonchev–Trinajstić information content (AvgIpc) is 3.15. The molecule has 1 saturated heterocycles. The predicted octanol–water partition coefficient (Wildman–Crippen LogP) is 2.85. The first-order valence-corrected chi connectivity index (χ1v) is 10.3. The second kappa shape index (κ2) is 9.73. The Morgan fingerprint density at radius 2 is 1.84 bits per heavy atom. The Morgan fingerprint density at radius 1 is 1.06 bits per heavy atom. The van der Waals surface area contributed by atoms with E-state index in [1.165, 1.54) is 6.20 Å². The van der Waals surface area contributed by atoms with Crippen LogP contribution in [0.4, 0.5) is 16.4 Å². The number of amides is 4. The van der Waals surface area contributed by atoms with Gasteiger partial charge in [0.15, 0.2) is 0 Å². The summed E-state index contributed by atoms with van der Waals surface area (Å²) in [5.74, 6) is 1.09. The average molecular weight is 441 g/mol. The Hall–Kier alpha value is -3.53. The number of nitrogens with one attached hydrogen (secondary N) is 3. The fourth-order valence-corrected chi connectivity index (χ4v) is 3.01. The molecule has 0 radical (unpaired) electrons. The first-order chi connectivity index (χ1) is 15.1. The highest BCUT2D eigenvalue weighted by Crippen LogP contribution is 2.24. The first kappa shape index (κ1) is 23.1. The van der Waals surface area contributed by atoms with Gasteiger partial charge in [0.05, 0.1) is 12.1 Å². The highest BCUT2D eigenvalue weighted by molar-refractivity contribution is 6.02. The molecule has 1 atom stereocenters. The predicted molar refractivity (Wildman–Crippen MR) is 119 cm³/mol. The SMILES string of the molecule is CN1CCC(C(=O)Nc2cc(Oc3ccc(NC(=O)NC(=O)C(C)(C)C)nc3)ccn2)C1. The Morgan fingerprint density at radius 3 is 2.47 bits per heavy atom. The number of rotatable bonds is 5. The molecule has 0 bridgehead atoms. The number of aromatic nitrogens is 2. The molecule has 1 aliphatic rings. The van der Waals surface area contributed by atoms with Gasteiger partial charge in [0.1, 0.15) is 23.1 Å². The van der Waals surface area contributed by atoms with E-state index < -0.39 is 17.4 Å². The van der Waals surface area contributed by atoms with Crippen LogP contribution in [0.25, 0.3) is 0 Å². The van der Waals surface area contributed by atoms with Crippen LogP contribution in [0.15, 0.2) is 36.7 Å². The lowest BCUT2D eigenvalue weighted by Gasteiger charge is -2.16. The fourth-order valence-electron chi connectivity index (χ4n) is 3.01. The van der Waals surface area contributed by atoms with Gasteiger partial charge in [0, 0.05) is 24.2 Å². The molecular formula is C22H28N6O4. The van der Waals surface area contributed by atoms with Gasteiger partial charge in [-0.25, -0.2) is 14.8 Å². The van der Waals surface area contributed by atoms with Crippen molar-refractivity contribution in [1.29, 1.82) is 0 Å². The molecule has 0 aromatic carbocycles. The van der Waals surface area contributed by atoms with Crippen LogP contribution in [0, 0.1) is 11.3 Å². The van der Waals surface area contributed by atoms with Gasteiger partial charge in [-0.2, -0.15) is 0 Å². The molecule has 1 fully saturated rings. The molecule has 3 heterocycles. The van der Waals surface area contributed by atoms with Crippen molar-refractivity contribution in [3.8, 4) is 11.5 Å². The van der Waals surface area contributed by atoms with Crippen molar-refractivity contribution in [2.45, 2.75) is 27.2 Å². The van der Waals surface area contributed by atoms with Crippen LogP contribution in [0.3, 0.4) is 0 Å². The number of urea groups is 1. The molecular weight excluding hydrogens is 412 g/mol. The number of hydrogen-bond acceptors (Lipinski definition) is 7. The number of carbonyl (C=O) groups is 3. The van der Waals surface area contributed by atoms with Crippen molar-refractivity contribution < 1.29 is 19.1 Å². The van der Waals surface area contributed by atoms with E-state index in [0.717, 1.165) is 19.5 Å². The third-order valence-electron chi connectivity index (χ3n) is 4.87. The Labute approximate surface area is 186 Å². The lowest BCUT2D eigenvalue weighted by Crippen LogP contribution is -2.41. The molecule has 10 heteroatoms. The molecule has 0 saturated carbocycles. The number of carbonyl (C=O) groups excluding carboxylic acids is 3. The van der Waals surface area contributed by atoms with Gasteiger partial charge in [-0.15, -0.1) is 0 Å². The highest BCUT2D eigenvalue weighted by atomic mass is 16.5. The number of pyridine rings is 2. The lowest BCUT2D eigenvalue weighted by molar-refractivity contribution is -0.127. The number of hydrogen-bond donors (Lipinski definition) is 3. The van der Waals surface area contributed by atoms with Crippen molar-refractivity contribution in [3.05, 3.63) is 36.7 Å². The van der Waals surface area contributed by atoms with Crippen LogP contribution in [0.5, 0.6) is 11.5 Å². The van der Waals surface area contributed by atoms with Gasteiger partial charge in [0.2, 0.25) is 11.8 Å². The molecule has 2 aromatic heterocycles. The minimum absolute atomic E-state index is 0.0495. The summed E-state index contributed by atoms with van der Waals surface area (Å²) in [5, 5.41) is 7.59. The number of ether oxygens (including phenoxy) is 1.